The van der Waals surface area contributed by atoms with Crippen LogP contribution in [0.4, 0.5) is 0 Å². The smallest absolute Gasteiger partial charge is 0.337 e. The van der Waals surface area contributed by atoms with Crippen LogP contribution in [0.15, 0.2) is 47.3 Å². The second kappa shape index (κ2) is 8.70. The molecule has 0 saturated heterocycles. The summed E-state index contributed by atoms with van der Waals surface area (Å²) >= 11 is 5.23. The Morgan fingerprint density at radius 3 is 2.69 bits per heavy atom. The highest BCUT2D eigenvalue weighted by Crippen LogP contribution is 2.13. The van der Waals surface area contributed by atoms with E-state index in [0.29, 0.717) is 22.2 Å². The molecule has 1 aromatic heterocycles. The van der Waals surface area contributed by atoms with Crippen LogP contribution in [0.1, 0.15) is 15.9 Å². The van der Waals surface area contributed by atoms with Crippen LogP contribution < -0.4 is 15.6 Å². The number of amides is 1. The number of nitrogens with zero attached hydrogens (tertiary/aromatic N) is 1. The number of hydrogen-bond donors (Lipinski definition) is 2. The lowest BCUT2D eigenvalue weighted by molar-refractivity contribution is -0.121. The van der Waals surface area contributed by atoms with Crippen molar-refractivity contribution >= 4 is 35.0 Å². The number of aromatic nitrogens is 2. The van der Waals surface area contributed by atoms with Gasteiger partial charge in [-0.2, -0.15) is 0 Å². The third-order valence-corrected chi connectivity index (χ3v) is 4.65. The molecule has 150 valence electrons. The monoisotopic (exact) mass is 413 g/mol. The highest BCUT2D eigenvalue weighted by Gasteiger charge is 2.12. The van der Waals surface area contributed by atoms with Crippen molar-refractivity contribution in [1.82, 2.24) is 14.9 Å². The first-order chi connectivity index (χ1) is 13.9. The van der Waals surface area contributed by atoms with Gasteiger partial charge in [0.25, 0.3) is 5.56 Å². The van der Waals surface area contributed by atoms with Gasteiger partial charge in [-0.15, -0.1) is 0 Å². The lowest BCUT2D eigenvalue weighted by Crippen LogP contribution is -2.33. The fraction of sp³-hybridized carbons (Fsp3) is 0.200. The van der Waals surface area contributed by atoms with Gasteiger partial charge in [0.05, 0.1) is 30.7 Å². The summed E-state index contributed by atoms with van der Waals surface area (Å²) in [6, 6.07) is 11.8. The van der Waals surface area contributed by atoms with E-state index in [1.807, 2.05) is 24.3 Å². The van der Waals surface area contributed by atoms with Crippen molar-refractivity contribution in [1.29, 1.82) is 0 Å². The quantitative estimate of drug-likeness (QED) is 0.474. The van der Waals surface area contributed by atoms with Crippen molar-refractivity contribution in [3.8, 4) is 5.75 Å². The largest absolute Gasteiger partial charge is 0.497 e. The van der Waals surface area contributed by atoms with Crippen LogP contribution in [0.5, 0.6) is 5.75 Å². The van der Waals surface area contributed by atoms with Crippen LogP contribution in [0.25, 0.3) is 10.9 Å². The molecule has 0 aliphatic heterocycles. The number of methoxy groups -OCH3 is 2. The minimum Gasteiger partial charge on any atom is -0.497 e. The van der Waals surface area contributed by atoms with E-state index < -0.39 is 11.5 Å². The maximum atomic E-state index is 12.8. The summed E-state index contributed by atoms with van der Waals surface area (Å²) in [6.45, 7) is 0.0597. The Bertz CT molecular complexity index is 1200. The first-order valence-electron chi connectivity index (χ1n) is 8.67. The molecule has 9 heteroatoms. The Labute approximate surface area is 171 Å². The third-order valence-electron chi connectivity index (χ3n) is 4.33. The van der Waals surface area contributed by atoms with Gasteiger partial charge in [0.15, 0.2) is 4.77 Å². The number of H-pyrrole nitrogens is 1. The summed E-state index contributed by atoms with van der Waals surface area (Å²) in [5, 5.41) is 3.07. The highest BCUT2D eigenvalue weighted by atomic mass is 32.1. The van der Waals surface area contributed by atoms with Gasteiger partial charge in [0.1, 0.15) is 12.3 Å². The number of fused-ring (bicyclic) bond motifs is 1. The third kappa shape index (κ3) is 4.52. The average molecular weight is 413 g/mol. The summed E-state index contributed by atoms with van der Waals surface area (Å²) in [7, 11) is 2.84. The number of carbonyl (C=O) groups excluding carboxylic acids is 2. The van der Waals surface area contributed by atoms with Gasteiger partial charge < -0.3 is 19.8 Å². The predicted molar refractivity (Wildman–Crippen MR) is 110 cm³/mol. The molecule has 0 saturated carbocycles. The van der Waals surface area contributed by atoms with E-state index in [9.17, 15) is 14.4 Å². The second-order valence-electron chi connectivity index (χ2n) is 6.20. The van der Waals surface area contributed by atoms with Crippen molar-refractivity contribution < 1.29 is 19.1 Å². The van der Waals surface area contributed by atoms with Crippen molar-refractivity contribution in [2.75, 3.05) is 14.2 Å². The van der Waals surface area contributed by atoms with E-state index in [1.165, 1.54) is 29.9 Å². The molecule has 8 nitrogen and oxygen atoms in total. The van der Waals surface area contributed by atoms with Gasteiger partial charge in [-0.05, 0) is 48.1 Å². The second-order valence-corrected chi connectivity index (χ2v) is 6.59. The first-order valence-corrected chi connectivity index (χ1v) is 9.08. The SMILES string of the molecule is COC(=O)c1ccc2c(=O)n(CC(=O)NCc3cccc(OC)c3)c(=S)[nH]c2c1. The number of nitrogens with one attached hydrogen (secondary N) is 2. The standard InChI is InChI=1S/C20H19N3O5S/c1-27-14-5-3-4-12(8-14)10-21-17(24)11-23-18(25)15-7-6-13(19(26)28-2)9-16(15)22-20(23)29/h3-9H,10-11H2,1-2H3,(H,21,24)(H,22,29). The minimum absolute atomic E-state index is 0.0843. The van der Waals surface area contributed by atoms with Crippen molar-refractivity contribution in [3.63, 3.8) is 0 Å². The normalized spacial score (nSPS) is 10.6. The Kier molecular flexibility index (Phi) is 6.08. The average Bonchev–Trinajstić information content (AvgIpc) is 2.74. The Hall–Kier alpha value is -3.46. The number of benzene rings is 2. The van der Waals surface area contributed by atoms with Crippen LogP contribution in [0.3, 0.4) is 0 Å². The maximum absolute atomic E-state index is 12.8. The summed E-state index contributed by atoms with van der Waals surface area (Å²) in [5.41, 5.74) is 1.13. The van der Waals surface area contributed by atoms with Crippen molar-refractivity contribution in [3.05, 3.63) is 68.7 Å². The van der Waals surface area contributed by atoms with Gasteiger partial charge in [-0.25, -0.2) is 4.79 Å². The van der Waals surface area contributed by atoms with Crippen molar-refractivity contribution in [2.24, 2.45) is 0 Å². The fourth-order valence-corrected chi connectivity index (χ4v) is 3.08. The molecule has 0 radical (unpaired) electrons. The lowest BCUT2D eigenvalue weighted by atomic mass is 10.1. The lowest BCUT2D eigenvalue weighted by Gasteiger charge is -2.10. The van der Waals surface area contributed by atoms with E-state index >= 15 is 0 Å². The molecule has 3 aromatic rings. The molecule has 3 rings (SSSR count). The predicted octanol–water partition coefficient (Wildman–Crippen LogP) is 2.17. The van der Waals surface area contributed by atoms with Crippen molar-refractivity contribution in [2.45, 2.75) is 13.1 Å². The zero-order chi connectivity index (χ0) is 21.0. The van der Waals surface area contributed by atoms with E-state index in [0.717, 1.165) is 5.56 Å². The summed E-state index contributed by atoms with van der Waals surface area (Å²) in [6.07, 6.45) is 0. The van der Waals surface area contributed by atoms with Gasteiger partial charge in [-0.3, -0.25) is 14.2 Å². The Morgan fingerprint density at radius 1 is 1.17 bits per heavy atom. The summed E-state index contributed by atoms with van der Waals surface area (Å²) in [4.78, 5) is 39.6. The van der Waals surface area contributed by atoms with Crippen LogP contribution in [0, 0.1) is 4.77 Å². The van der Waals surface area contributed by atoms with Gasteiger partial charge in [-0.1, -0.05) is 12.1 Å². The molecule has 2 aromatic carbocycles. The van der Waals surface area contributed by atoms with E-state index in [4.69, 9.17) is 17.0 Å². The number of esters is 1. The topological polar surface area (TPSA) is 102 Å². The van der Waals surface area contributed by atoms with Crippen LogP contribution in [-0.2, 0) is 22.6 Å². The molecule has 0 spiro atoms. The molecular weight excluding hydrogens is 394 g/mol. The van der Waals surface area contributed by atoms with Gasteiger partial charge in [0.2, 0.25) is 5.91 Å². The molecule has 0 fully saturated rings. The zero-order valence-electron chi connectivity index (χ0n) is 15.9. The highest BCUT2D eigenvalue weighted by molar-refractivity contribution is 7.71. The molecule has 0 unspecified atom stereocenters. The van der Waals surface area contributed by atoms with Crippen LogP contribution >= 0.6 is 12.2 Å². The molecular formula is C20H19N3O5S. The summed E-state index contributed by atoms with van der Waals surface area (Å²) in [5.74, 6) is -0.191. The molecule has 1 heterocycles. The number of ether oxygens (including phenoxy) is 2. The Morgan fingerprint density at radius 2 is 1.97 bits per heavy atom. The molecule has 29 heavy (non-hydrogen) atoms. The molecule has 0 atom stereocenters. The fourth-order valence-electron chi connectivity index (χ4n) is 2.83. The number of hydrogen-bond acceptors (Lipinski definition) is 6. The van der Waals surface area contributed by atoms with Gasteiger partial charge >= 0.3 is 5.97 Å². The summed E-state index contributed by atoms with van der Waals surface area (Å²) < 4.78 is 11.1. The number of rotatable bonds is 6. The van der Waals surface area contributed by atoms with E-state index in [1.54, 1.807) is 7.11 Å². The van der Waals surface area contributed by atoms with E-state index in [2.05, 4.69) is 15.0 Å². The molecule has 1 amide bonds. The maximum Gasteiger partial charge on any atom is 0.337 e. The minimum atomic E-state index is -0.521. The molecule has 0 bridgehead atoms. The first kappa shape index (κ1) is 20.3. The molecule has 0 aliphatic rings. The number of aromatic amines is 1. The van der Waals surface area contributed by atoms with E-state index in [-0.39, 0.29) is 23.8 Å². The number of carbonyl (C=O) groups is 2. The van der Waals surface area contributed by atoms with Crippen LogP contribution in [0.2, 0.25) is 0 Å². The van der Waals surface area contributed by atoms with Crippen LogP contribution in [-0.4, -0.2) is 35.6 Å². The zero-order valence-corrected chi connectivity index (χ0v) is 16.7. The van der Waals surface area contributed by atoms with Gasteiger partial charge in [0, 0.05) is 6.54 Å². The Balaban J connectivity index is 1.80. The molecule has 0 aliphatic carbocycles. The molecule has 2 N–H and O–H groups in total.